The van der Waals surface area contributed by atoms with Crippen molar-refractivity contribution in [1.29, 1.82) is 0 Å². The van der Waals surface area contributed by atoms with Crippen LogP contribution in [-0.2, 0) is 10.0 Å². The van der Waals surface area contributed by atoms with Gasteiger partial charge in [-0.2, -0.15) is 0 Å². The lowest BCUT2D eigenvalue weighted by Crippen LogP contribution is -2.55. The highest BCUT2D eigenvalue weighted by atomic mass is 35.5. The fraction of sp³-hybridized carbons (Fsp3) is 1.00. The van der Waals surface area contributed by atoms with Crippen molar-refractivity contribution in [3.8, 4) is 0 Å². The highest BCUT2D eigenvalue weighted by molar-refractivity contribution is 7.90. The molecule has 0 aliphatic heterocycles. The van der Waals surface area contributed by atoms with Gasteiger partial charge in [0.25, 0.3) is 0 Å². The van der Waals surface area contributed by atoms with Crippen LogP contribution in [0.4, 0.5) is 0 Å². The van der Waals surface area contributed by atoms with Crippen molar-refractivity contribution < 1.29 is 8.42 Å². The average molecular weight is 264 g/mol. The molecule has 4 aliphatic carbocycles. The molecule has 5 heteroatoms. The summed E-state index contributed by atoms with van der Waals surface area (Å²) in [5, 5.41) is -0.310. The summed E-state index contributed by atoms with van der Waals surface area (Å²) in [6.07, 6.45) is 6.29. The predicted molar refractivity (Wildman–Crippen MR) is 63.6 cm³/mol. The monoisotopic (exact) mass is 263 g/mol. The minimum Gasteiger partial charge on any atom is -0.211 e. The number of rotatable bonds is 3. The molecular weight excluding hydrogens is 246 g/mol. The average Bonchev–Trinajstić information content (AvgIpc) is 2.22. The normalized spacial score (nSPS) is 46.2. The summed E-state index contributed by atoms with van der Waals surface area (Å²) in [6, 6.07) is 0.177. The third-order valence-electron chi connectivity index (χ3n) is 4.69. The van der Waals surface area contributed by atoms with Gasteiger partial charge in [0.15, 0.2) is 0 Å². The largest absolute Gasteiger partial charge is 0.225 e. The summed E-state index contributed by atoms with van der Waals surface area (Å²) in [5.74, 6) is 2.90. The van der Waals surface area contributed by atoms with E-state index in [1.54, 1.807) is 0 Å². The predicted octanol–water partition coefficient (Wildman–Crippen LogP) is 1.93. The van der Waals surface area contributed by atoms with E-state index in [-0.39, 0.29) is 11.3 Å². The van der Waals surface area contributed by atoms with E-state index in [1.807, 2.05) is 0 Å². The van der Waals surface area contributed by atoms with E-state index in [1.165, 1.54) is 32.1 Å². The van der Waals surface area contributed by atoms with Gasteiger partial charge in [-0.1, -0.05) is 0 Å². The first-order valence-corrected chi connectivity index (χ1v) is 8.32. The Morgan fingerprint density at radius 1 is 1.00 bits per heavy atom. The molecule has 0 atom stereocenters. The number of hydrogen-bond donors (Lipinski definition) is 1. The highest BCUT2D eigenvalue weighted by Crippen LogP contribution is 2.53. The van der Waals surface area contributed by atoms with E-state index in [0.29, 0.717) is 11.8 Å². The fourth-order valence-corrected chi connectivity index (χ4v) is 5.41. The Morgan fingerprint density at radius 3 is 1.94 bits per heavy atom. The summed E-state index contributed by atoms with van der Waals surface area (Å²) in [5.41, 5.74) is 0. The second-order valence-corrected chi connectivity index (χ2v) is 8.14. The summed E-state index contributed by atoms with van der Waals surface area (Å²) in [6.45, 7) is 0. The molecule has 4 aliphatic rings. The second kappa shape index (κ2) is 3.85. The Bertz CT molecular complexity index is 353. The molecule has 0 heterocycles. The molecule has 0 unspecified atom stereocenters. The van der Waals surface area contributed by atoms with Crippen molar-refractivity contribution >= 4 is 21.6 Å². The number of sulfonamides is 1. The third-order valence-corrected chi connectivity index (χ3v) is 6.47. The van der Waals surface area contributed by atoms with Crippen molar-refractivity contribution in [3.05, 3.63) is 0 Å². The van der Waals surface area contributed by atoms with Crippen LogP contribution in [0.25, 0.3) is 0 Å². The van der Waals surface area contributed by atoms with E-state index in [9.17, 15) is 8.42 Å². The molecule has 0 amide bonds. The number of halogens is 1. The van der Waals surface area contributed by atoms with E-state index < -0.39 is 10.0 Å². The van der Waals surface area contributed by atoms with Crippen molar-refractivity contribution in [2.24, 2.45) is 23.7 Å². The van der Waals surface area contributed by atoms with Crippen LogP contribution in [0.1, 0.15) is 32.1 Å². The van der Waals surface area contributed by atoms with Crippen LogP contribution in [-0.4, -0.2) is 19.7 Å². The maximum Gasteiger partial charge on any atom is 0.225 e. The third kappa shape index (κ3) is 1.89. The topological polar surface area (TPSA) is 46.2 Å². The van der Waals surface area contributed by atoms with Crippen molar-refractivity contribution in [2.45, 2.75) is 38.1 Å². The summed E-state index contributed by atoms with van der Waals surface area (Å²) in [7, 11) is -3.25. The zero-order valence-electron chi connectivity index (χ0n) is 9.23. The zero-order valence-corrected chi connectivity index (χ0v) is 10.8. The summed E-state index contributed by atoms with van der Waals surface area (Å²) < 4.78 is 25.9. The maximum absolute atomic E-state index is 11.5. The lowest BCUT2D eigenvalue weighted by Gasteiger charge is -2.54. The van der Waals surface area contributed by atoms with E-state index >= 15 is 0 Å². The van der Waals surface area contributed by atoms with Gasteiger partial charge in [-0.3, -0.25) is 0 Å². The Kier molecular flexibility index (Phi) is 2.72. The Balaban J connectivity index is 1.77. The van der Waals surface area contributed by atoms with E-state index in [2.05, 4.69) is 4.72 Å². The number of hydrogen-bond acceptors (Lipinski definition) is 2. The lowest BCUT2D eigenvalue weighted by molar-refractivity contribution is -0.00553. The second-order valence-electron chi connectivity index (χ2n) is 5.80. The molecule has 4 fully saturated rings. The molecule has 0 radical (unpaired) electrons. The minimum atomic E-state index is -3.25. The fourth-order valence-electron chi connectivity index (χ4n) is 4.36. The molecule has 3 nitrogen and oxygen atoms in total. The van der Waals surface area contributed by atoms with Crippen LogP contribution >= 0.6 is 11.6 Å². The van der Waals surface area contributed by atoms with Crippen LogP contribution in [0.15, 0.2) is 0 Å². The van der Waals surface area contributed by atoms with E-state index in [0.717, 1.165) is 11.8 Å². The molecule has 0 aromatic heterocycles. The van der Waals surface area contributed by atoms with Crippen molar-refractivity contribution in [3.63, 3.8) is 0 Å². The van der Waals surface area contributed by atoms with Gasteiger partial charge >= 0.3 is 0 Å². The maximum atomic E-state index is 11.5. The van der Waals surface area contributed by atoms with Gasteiger partial charge < -0.3 is 0 Å². The molecule has 1 N–H and O–H groups in total. The van der Waals surface area contributed by atoms with Gasteiger partial charge in [0, 0.05) is 6.04 Å². The molecule has 4 rings (SSSR count). The SMILES string of the molecule is O=S(=O)(CCl)NC1C2CC3CC(C2)CC1C3. The van der Waals surface area contributed by atoms with Gasteiger partial charge in [0.2, 0.25) is 10.0 Å². The van der Waals surface area contributed by atoms with Crippen LogP contribution in [0.5, 0.6) is 0 Å². The minimum absolute atomic E-state index is 0.177. The molecule has 4 bridgehead atoms. The lowest BCUT2D eigenvalue weighted by atomic mass is 9.54. The molecule has 92 valence electrons. The van der Waals surface area contributed by atoms with E-state index in [4.69, 9.17) is 11.6 Å². The molecule has 4 saturated carbocycles. The standard InChI is InChI=1S/C11H18ClNO2S/c12-6-16(14,15)13-11-9-2-7-1-8(4-9)5-10(11)3-7/h7-11,13H,1-6H2. The first-order chi connectivity index (χ1) is 7.57. The number of alkyl halides is 1. The van der Waals surface area contributed by atoms with Crippen molar-refractivity contribution in [2.75, 3.05) is 5.21 Å². The smallest absolute Gasteiger partial charge is 0.211 e. The Labute approximate surface area is 102 Å². The van der Waals surface area contributed by atoms with Gasteiger partial charge in [0.1, 0.15) is 5.21 Å². The Morgan fingerprint density at radius 2 is 1.50 bits per heavy atom. The molecular formula is C11H18ClNO2S. The van der Waals surface area contributed by atoms with Gasteiger partial charge in [0.05, 0.1) is 0 Å². The summed E-state index contributed by atoms with van der Waals surface area (Å²) in [4.78, 5) is 0. The molecule has 0 aromatic carbocycles. The van der Waals surface area contributed by atoms with Gasteiger partial charge in [-0.05, 0) is 55.8 Å². The van der Waals surface area contributed by atoms with Crippen LogP contribution in [0.3, 0.4) is 0 Å². The van der Waals surface area contributed by atoms with Gasteiger partial charge in [-0.15, -0.1) is 11.6 Å². The van der Waals surface area contributed by atoms with Crippen LogP contribution in [0, 0.1) is 23.7 Å². The molecule has 16 heavy (non-hydrogen) atoms. The van der Waals surface area contributed by atoms with Crippen LogP contribution < -0.4 is 4.72 Å². The number of nitrogens with one attached hydrogen (secondary N) is 1. The molecule has 0 saturated heterocycles. The van der Waals surface area contributed by atoms with Crippen molar-refractivity contribution in [1.82, 2.24) is 4.72 Å². The molecule has 0 spiro atoms. The van der Waals surface area contributed by atoms with Gasteiger partial charge in [-0.25, -0.2) is 13.1 Å². The first kappa shape index (κ1) is 11.3. The highest BCUT2D eigenvalue weighted by Gasteiger charge is 2.49. The van der Waals surface area contributed by atoms with Crippen LogP contribution in [0.2, 0.25) is 0 Å². The first-order valence-electron chi connectivity index (χ1n) is 6.13. The molecule has 0 aromatic rings. The quantitative estimate of drug-likeness (QED) is 0.791. The summed E-state index contributed by atoms with van der Waals surface area (Å²) >= 11 is 5.46. The Hall–Kier alpha value is 0.200. The zero-order chi connectivity index (χ0) is 11.3.